The minimum Gasteiger partial charge on any atom is -0.366 e. The predicted molar refractivity (Wildman–Crippen MR) is 79.8 cm³/mol. The molecule has 0 spiro atoms. The molecule has 1 N–H and O–H groups in total. The van der Waals surface area contributed by atoms with Crippen molar-refractivity contribution in [1.82, 2.24) is 10.2 Å². The summed E-state index contributed by atoms with van der Waals surface area (Å²) in [6.45, 7) is 4.83. The minimum atomic E-state index is -0.725. The van der Waals surface area contributed by atoms with Gasteiger partial charge in [0.25, 0.3) is 5.91 Å². The number of carbonyl (C=O) groups is 1. The highest BCUT2D eigenvalue weighted by molar-refractivity contribution is 6.30. The summed E-state index contributed by atoms with van der Waals surface area (Å²) in [6.07, 6.45) is -0.534. The Kier molecular flexibility index (Phi) is 5.57. The standard InChI is InChI=1S/C15H18ClN3O2/c1-2-19-6-7-21-14(10-19)15(20)18-13(9-17)11-4-3-5-12(16)8-11/h3-5,8,13-14H,2,6-7,10H2,1H3,(H,18,20)/t13-,14-/m0/s1. The summed E-state index contributed by atoms with van der Waals surface area (Å²) in [6, 6.07) is 8.28. The van der Waals surface area contributed by atoms with Gasteiger partial charge in [-0.05, 0) is 24.2 Å². The Morgan fingerprint density at radius 3 is 3.14 bits per heavy atom. The molecule has 6 heteroatoms. The number of hydrogen-bond donors (Lipinski definition) is 1. The molecule has 0 unspecified atom stereocenters. The fourth-order valence-corrected chi connectivity index (χ4v) is 2.46. The van der Waals surface area contributed by atoms with Crippen molar-refractivity contribution < 1.29 is 9.53 Å². The van der Waals surface area contributed by atoms with E-state index in [4.69, 9.17) is 16.3 Å². The van der Waals surface area contributed by atoms with Crippen molar-refractivity contribution in [1.29, 1.82) is 5.26 Å². The lowest BCUT2D eigenvalue weighted by atomic mass is 10.1. The van der Waals surface area contributed by atoms with E-state index in [1.807, 2.05) is 6.92 Å². The molecule has 0 bridgehead atoms. The minimum absolute atomic E-state index is 0.264. The zero-order valence-electron chi connectivity index (χ0n) is 11.9. The second kappa shape index (κ2) is 7.41. The Balaban J connectivity index is 2.01. The summed E-state index contributed by atoms with van der Waals surface area (Å²) in [5.41, 5.74) is 0.668. The van der Waals surface area contributed by atoms with Crippen LogP contribution in [0.15, 0.2) is 24.3 Å². The summed E-state index contributed by atoms with van der Waals surface area (Å²) >= 11 is 5.92. The summed E-state index contributed by atoms with van der Waals surface area (Å²) in [5.74, 6) is -0.264. The van der Waals surface area contributed by atoms with E-state index < -0.39 is 12.1 Å². The number of hydrogen-bond acceptors (Lipinski definition) is 4. The molecule has 1 aliphatic rings. The fraction of sp³-hybridized carbons (Fsp3) is 0.467. The lowest BCUT2D eigenvalue weighted by Crippen LogP contribution is -2.50. The molecule has 112 valence electrons. The number of nitrogens with zero attached hydrogens (tertiary/aromatic N) is 2. The molecule has 0 radical (unpaired) electrons. The molecular formula is C15H18ClN3O2. The lowest BCUT2D eigenvalue weighted by molar-refractivity contribution is -0.138. The molecule has 2 atom stereocenters. The number of rotatable bonds is 4. The van der Waals surface area contributed by atoms with E-state index in [1.165, 1.54) is 0 Å². The molecule has 0 aliphatic carbocycles. The van der Waals surface area contributed by atoms with E-state index in [0.29, 0.717) is 23.7 Å². The quantitative estimate of drug-likeness (QED) is 0.920. The first-order valence-corrected chi connectivity index (χ1v) is 7.31. The summed E-state index contributed by atoms with van der Waals surface area (Å²) < 4.78 is 5.49. The Labute approximate surface area is 129 Å². The molecule has 2 rings (SSSR count). The first-order chi connectivity index (χ1) is 10.1. The average Bonchev–Trinajstić information content (AvgIpc) is 2.52. The number of nitriles is 1. The smallest absolute Gasteiger partial charge is 0.251 e. The highest BCUT2D eigenvalue weighted by Gasteiger charge is 2.27. The maximum atomic E-state index is 12.2. The van der Waals surface area contributed by atoms with Crippen LogP contribution >= 0.6 is 11.6 Å². The first-order valence-electron chi connectivity index (χ1n) is 6.93. The second-order valence-electron chi connectivity index (χ2n) is 4.88. The summed E-state index contributed by atoms with van der Waals surface area (Å²) in [7, 11) is 0. The summed E-state index contributed by atoms with van der Waals surface area (Å²) in [5, 5.41) is 12.5. The van der Waals surface area contributed by atoms with Crippen molar-refractivity contribution in [2.45, 2.75) is 19.1 Å². The van der Waals surface area contributed by atoms with Crippen molar-refractivity contribution in [3.63, 3.8) is 0 Å². The van der Waals surface area contributed by atoms with Gasteiger partial charge in [-0.1, -0.05) is 30.7 Å². The summed E-state index contributed by atoms with van der Waals surface area (Å²) in [4.78, 5) is 14.4. The molecule has 0 saturated carbocycles. The van der Waals surface area contributed by atoms with Gasteiger partial charge in [-0.15, -0.1) is 0 Å². The lowest BCUT2D eigenvalue weighted by Gasteiger charge is -2.31. The van der Waals surface area contributed by atoms with Crippen LogP contribution in [-0.2, 0) is 9.53 Å². The van der Waals surface area contributed by atoms with Crippen LogP contribution in [-0.4, -0.2) is 43.2 Å². The third-order valence-electron chi connectivity index (χ3n) is 3.49. The molecule has 1 heterocycles. The molecule has 1 saturated heterocycles. The maximum Gasteiger partial charge on any atom is 0.251 e. The molecule has 5 nitrogen and oxygen atoms in total. The van der Waals surface area contributed by atoms with E-state index in [-0.39, 0.29) is 5.91 Å². The highest BCUT2D eigenvalue weighted by atomic mass is 35.5. The van der Waals surface area contributed by atoms with Crippen LogP contribution in [0.1, 0.15) is 18.5 Å². The average molecular weight is 308 g/mol. The van der Waals surface area contributed by atoms with E-state index in [9.17, 15) is 10.1 Å². The van der Waals surface area contributed by atoms with Crippen LogP contribution in [0.3, 0.4) is 0 Å². The van der Waals surface area contributed by atoms with Gasteiger partial charge >= 0.3 is 0 Å². The van der Waals surface area contributed by atoms with Crippen molar-refractivity contribution in [3.8, 4) is 6.07 Å². The number of likely N-dealkylation sites (N-methyl/N-ethyl adjacent to an activating group) is 1. The molecule has 1 aromatic rings. The number of halogens is 1. The van der Waals surface area contributed by atoms with E-state index >= 15 is 0 Å². The molecule has 0 aromatic heterocycles. The van der Waals surface area contributed by atoms with Crippen molar-refractivity contribution in [2.24, 2.45) is 0 Å². The van der Waals surface area contributed by atoms with Gasteiger partial charge in [0.2, 0.25) is 0 Å². The van der Waals surface area contributed by atoms with Gasteiger partial charge in [0.1, 0.15) is 12.1 Å². The monoisotopic (exact) mass is 307 g/mol. The van der Waals surface area contributed by atoms with E-state index in [2.05, 4.69) is 16.3 Å². The number of amides is 1. The zero-order valence-corrected chi connectivity index (χ0v) is 12.6. The largest absolute Gasteiger partial charge is 0.366 e. The molecule has 1 amide bonds. The second-order valence-corrected chi connectivity index (χ2v) is 5.31. The van der Waals surface area contributed by atoms with Gasteiger partial charge in [0, 0.05) is 18.1 Å². The third kappa shape index (κ3) is 4.18. The topological polar surface area (TPSA) is 65.4 Å². The predicted octanol–water partition coefficient (Wildman–Crippen LogP) is 1.74. The maximum absolute atomic E-state index is 12.2. The van der Waals surface area contributed by atoms with Crippen LogP contribution in [0.4, 0.5) is 0 Å². The molecular weight excluding hydrogens is 290 g/mol. The fourth-order valence-electron chi connectivity index (χ4n) is 2.26. The highest BCUT2D eigenvalue weighted by Crippen LogP contribution is 2.18. The van der Waals surface area contributed by atoms with Gasteiger partial charge in [-0.25, -0.2) is 0 Å². The number of morpholine rings is 1. The van der Waals surface area contributed by atoms with Crippen molar-refractivity contribution >= 4 is 17.5 Å². The van der Waals surface area contributed by atoms with E-state index in [0.717, 1.165) is 13.1 Å². The normalized spacial score (nSPS) is 20.5. The number of carbonyl (C=O) groups excluding carboxylic acids is 1. The Hall–Kier alpha value is -1.61. The number of nitrogens with one attached hydrogen (secondary N) is 1. The molecule has 1 fully saturated rings. The first kappa shape index (κ1) is 15.8. The van der Waals surface area contributed by atoms with Gasteiger partial charge < -0.3 is 10.1 Å². The Bertz CT molecular complexity index is 544. The van der Waals surface area contributed by atoms with Crippen LogP contribution in [0.5, 0.6) is 0 Å². The van der Waals surface area contributed by atoms with E-state index in [1.54, 1.807) is 24.3 Å². The zero-order chi connectivity index (χ0) is 15.2. The number of benzene rings is 1. The van der Waals surface area contributed by atoms with Crippen LogP contribution in [0.2, 0.25) is 5.02 Å². The Morgan fingerprint density at radius 1 is 1.67 bits per heavy atom. The SMILES string of the molecule is CCN1CCO[C@H](C(=O)N[C@@H](C#N)c2cccc(Cl)c2)C1. The molecule has 1 aliphatic heterocycles. The van der Waals surface area contributed by atoms with Gasteiger partial charge in [-0.3, -0.25) is 9.69 Å². The van der Waals surface area contributed by atoms with Gasteiger partial charge in [0.05, 0.1) is 12.7 Å². The van der Waals surface area contributed by atoms with Gasteiger partial charge in [0.15, 0.2) is 0 Å². The molecule has 1 aromatic carbocycles. The van der Waals surface area contributed by atoms with Crippen LogP contribution < -0.4 is 5.32 Å². The van der Waals surface area contributed by atoms with Crippen molar-refractivity contribution in [2.75, 3.05) is 26.2 Å². The number of ether oxygens (including phenoxy) is 1. The molecule has 21 heavy (non-hydrogen) atoms. The van der Waals surface area contributed by atoms with Gasteiger partial charge in [-0.2, -0.15) is 5.26 Å². The van der Waals surface area contributed by atoms with Crippen LogP contribution in [0.25, 0.3) is 0 Å². The van der Waals surface area contributed by atoms with Crippen LogP contribution in [0, 0.1) is 11.3 Å². The third-order valence-corrected chi connectivity index (χ3v) is 3.72. The Morgan fingerprint density at radius 2 is 2.48 bits per heavy atom. The van der Waals surface area contributed by atoms with Crippen molar-refractivity contribution in [3.05, 3.63) is 34.9 Å².